The van der Waals surface area contributed by atoms with Gasteiger partial charge in [0.25, 0.3) is 0 Å². The van der Waals surface area contributed by atoms with E-state index in [1.54, 1.807) is 18.7 Å². The van der Waals surface area contributed by atoms with Gasteiger partial charge in [-0.1, -0.05) is 20.3 Å². The van der Waals surface area contributed by atoms with Gasteiger partial charge < -0.3 is 16.2 Å². The summed E-state index contributed by atoms with van der Waals surface area (Å²) in [6.07, 6.45) is 0.147. The Morgan fingerprint density at radius 3 is 2.72 bits per heavy atom. The van der Waals surface area contributed by atoms with Gasteiger partial charge >= 0.3 is 0 Å². The van der Waals surface area contributed by atoms with E-state index in [1.165, 1.54) is 0 Å². The highest BCUT2D eigenvalue weighted by atomic mass is 32.2. The van der Waals surface area contributed by atoms with E-state index in [0.29, 0.717) is 0 Å². The molecular weight excluding hydrogens is 250 g/mol. The van der Waals surface area contributed by atoms with E-state index in [0.717, 1.165) is 23.8 Å². The zero-order valence-electron chi connectivity index (χ0n) is 11.2. The van der Waals surface area contributed by atoms with Crippen molar-refractivity contribution in [3.05, 3.63) is 0 Å². The Morgan fingerprint density at radius 2 is 2.28 bits per heavy atom. The molecule has 6 heteroatoms. The molecule has 4 N–H and O–H groups in total. The van der Waals surface area contributed by atoms with Crippen LogP contribution in [0.25, 0.3) is 0 Å². The van der Waals surface area contributed by atoms with Crippen LogP contribution < -0.4 is 11.1 Å². The van der Waals surface area contributed by atoms with E-state index in [2.05, 4.69) is 10.3 Å². The lowest BCUT2D eigenvalue weighted by Gasteiger charge is -2.29. The van der Waals surface area contributed by atoms with Crippen LogP contribution >= 0.6 is 11.8 Å². The Balaban J connectivity index is 2.74. The van der Waals surface area contributed by atoms with Crippen molar-refractivity contribution in [3.63, 3.8) is 0 Å². The fourth-order valence-corrected chi connectivity index (χ4v) is 2.66. The molecule has 0 saturated heterocycles. The van der Waals surface area contributed by atoms with Crippen molar-refractivity contribution in [1.82, 2.24) is 5.32 Å². The summed E-state index contributed by atoms with van der Waals surface area (Å²) in [6.45, 7) is 6.42. The number of aliphatic hydroxyl groups excluding tert-OH is 1. The molecule has 0 aromatic heterocycles. The molecule has 0 bridgehead atoms. The van der Waals surface area contributed by atoms with Gasteiger partial charge in [0.15, 0.2) is 0 Å². The molecule has 0 saturated carbocycles. The van der Waals surface area contributed by atoms with Gasteiger partial charge in [-0.15, -0.1) is 11.8 Å². The molecule has 0 aliphatic carbocycles. The summed E-state index contributed by atoms with van der Waals surface area (Å²) >= 11 is 1.56. The van der Waals surface area contributed by atoms with E-state index in [9.17, 15) is 9.90 Å². The maximum Gasteiger partial charge on any atom is 0.236 e. The number of amides is 1. The largest absolute Gasteiger partial charge is 0.384 e. The summed E-state index contributed by atoms with van der Waals surface area (Å²) in [5.74, 6) is 0.843. The lowest BCUT2D eigenvalue weighted by Crippen LogP contribution is -2.53. The smallest absolute Gasteiger partial charge is 0.236 e. The minimum Gasteiger partial charge on any atom is -0.384 e. The van der Waals surface area contributed by atoms with Gasteiger partial charge in [-0.2, -0.15) is 0 Å². The Hall–Kier alpha value is -0.590. The van der Waals surface area contributed by atoms with Crippen LogP contribution in [0.15, 0.2) is 4.99 Å². The predicted molar refractivity (Wildman–Crippen MR) is 75.8 cm³/mol. The molecule has 4 atom stereocenters. The summed E-state index contributed by atoms with van der Waals surface area (Å²) in [6, 6.07) is -0.889. The summed E-state index contributed by atoms with van der Waals surface area (Å²) in [4.78, 5) is 16.0. The number of carbonyl (C=O) groups is 1. The van der Waals surface area contributed by atoms with Crippen molar-refractivity contribution in [1.29, 1.82) is 0 Å². The summed E-state index contributed by atoms with van der Waals surface area (Å²) in [7, 11) is 0. The quantitative estimate of drug-likeness (QED) is 0.652. The van der Waals surface area contributed by atoms with E-state index < -0.39 is 12.1 Å². The Bertz CT molecular complexity index is 320. The van der Waals surface area contributed by atoms with Crippen molar-refractivity contribution in [2.24, 2.45) is 16.6 Å². The first-order valence-corrected chi connectivity index (χ1v) is 7.37. The standard InChI is InChI=1S/C12H23N3O2S/c1-4-7(2)9(15-11(17)8(3)13)10(16)12-14-5-6-18-12/h7-10,16H,4-6,13H2,1-3H3,(H,15,17)/t7-,8-,9-,10?/m0/s1. The molecule has 0 radical (unpaired) electrons. The highest BCUT2D eigenvalue weighted by Crippen LogP contribution is 2.21. The SMILES string of the molecule is CC[C@H](C)[C@H](NC(=O)[C@H](C)N)C(O)C1=NCCS1. The molecule has 1 rings (SSSR count). The number of nitrogens with two attached hydrogens (primary N) is 1. The van der Waals surface area contributed by atoms with Crippen LogP contribution in [0.5, 0.6) is 0 Å². The molecule has 0 aromatic carbocycles. The average molecular weight is 273 g/mol. The van der Waals surface area contributed by atoms with E-state index in [1.807, 2.05) is 13.8 Å². The van der Waals surface area contributed by atoms with Crippen molar-refractivity contribution in [3.8, 4) is 0 Å². The van der Waals surface area contributed by atoms with Gasteiger partial charge in [0, 0.05) is 12.3 Å². The monoisotopic (exact) mass is 273 g/mol. The molecular formula is C12H23N3O2S. The van der Waals surface area contributed by atoms with Gasteiger partial charge in [-0.3, -0.25) is 9.79 Å². The fourth-order valence-electron chi connectivity index (χ4n) is 1.77. The number of hydrogen-bond donors (Lipinski definition) is 3. The lowest BCUT2D eigenvalue weighted by atomic mass is 9.94. The highest BCUT2D eigenvalue weighted by molar-refractivity contribution is 8.14. The molecule has 0 spiro atoms. The summed E-state index contributed by atoms with van der Waals surface area (Å²) in [5.41, 5.74) is 5.55. The van der Waals surface area contributed by atoms with Crippen molar-refractivity contribution in [2.45, 2.75) is 45.4 Å². The molecule has 5 nitrogen and oxygen atoms in total. The molecule has 0 fully saturated rings. The third-order valence-corrected chi connectivity index (χ3v) is 4.23. The Morgan fingerprint density at radius 1 is 1.61 bits per heavy atom. The van der Waals surface area contributed by atoms with E-state index in [-0.39, 0.29) is 17.9 Å². The normalized spacial score (nSPS) is 21.9. The summed E-state index contributed by atoms with van der Waals surface area (Å²) in [5, 5.41) is 13.9. The van der Waals surface area contributed by atoms with Gasteiger partial charge in [-0.25, -0.2) is 0 Å². The van der Waals surface area contributed by atoms with E-state index >= 15 is 0 Å². The highest BCUT2D eigenvalue weighted by Gasteiger charge is 2.31. The summed E-state index contributed by atoms with van der Waals surface area (Å²) < 4.78 is 0. The van der Waals surface area contributed by atoms with Crippen molar-refractivity contribution >= 4 is 22.7 Å². The van der Waals surface area contributed by atoms with Gasteiger partial charge in [0.2, 0.25) is 5.91 Å². The van der Waals surface area contributed by atoms with Crippen molar-refractivity contribution < 1.29 is 9.90 Å². The molecule has 1 aliphatic heterocycles. The minimum atomic E-state index is -0.727. The lowest BCUT2D eigenvalue weighted by molar-refractivity contribution is -0.123. The second kappa shape index (κ2) is 7.11. The van der Waals surface area contributed by atoms with Crippen LogP contribution in [0.4, 0.5) is 0 Å². The first-order chi connectivity index (χ1) is 8.47. The fraction of sp³-hybridized carbons (Fsp3) is 0.833. The molecule has 1 heterocycles. The molecule has 104 valence electrons. The van der Waals surface area contributed by atoms with Crippen LogP contribution in [0.1, 0.15) is 27.2 Å². The molecule has 1 aliphatic rings. The van der Waals surface area contributed by atoms with Gasteiger partial charge in [0.05, 0.1) is 17.1 Å². The maximum atomic E-state index is 11.7. The predicted octanol–water partition coefficient (Wildman–Crippen LogP) is 0.371. The second-order valence-corrected chi connectivity index (χ2v) is 5.84. The number of rotatable bonds is 6. The maximum absolute atomic E-state index is 11.7. The number of aliphatic imine (C=N–C) groups is 1. The third-order valence-electron chi connectivity index (χ3n) is 3.18. The Labute approximate surface area is 113 Å². The third kappa shape index (κ3) is 3.96. The first kappa shape index (κ1) is 15.5. The number of nitrogens with zero attached hydrogens (tertiary/aromatic N) is 1. The molecule has 18 heavy (non-hydrogen) atoms. The minimum absolute atomic E-state index is 0.173. The number of thioether (sulfide) groups is 1. The topological polar surface area (TPSA) is 87.7 Å². The zero-order chi connectivity index (χ0) is 13.7. The van der Waals surface area contributed by atoms with Crippen LogP contribution in [-0.4, -0.2) is 46.5 Å². The van der Waals surface area contributed by atoms with Gasteiger partial charge in [0.1, 0.15) is 6.10 Å². The zero-order valence-corrected chi connectivity index (χ0v) is 12.0. The number of aliphatic hydroxyl groups is 1. The van der Waals surface area contributed by atoms with Crippen LogP contribution in [0, 0.1) is 5.92 Å². The number of carbonyl (C=O) groups excluding carboxylic acids is 1. The van der Waals surface area contributed by atoms with Crippen LogP contribution in [-0.2, 0) is 4.79 Å². The molecule has 1 unspecified atom stereocenters. The Kier molecular flexibility index (Phi) is 6.11. The number of nitrogens with one attached hydrogen (secondary N) is 1. The van der Waals surface area contributed by atoms with Gasteiger partial charge in [-0.05, 0) is 12.8 Å². The number of hydrogen-bond acceptors (Lipinski definition) is 5. The first-order valence-electron chi connectivity index (χ1n) is 6.38. The second-order valence-electron chi connectivity index (χ2n) is 4.72. The molecule has 1 amide bonds. The van der Waals surface area contributed by atoms with Crippen LogP contribution in [0.3, 0.4) is 0 Å². The van der Waals surface area contributed by atoms with E-state index in [4.69, 9.17) is 5.73 Å². The average Bonchev–Trinajstić information content (AvgIpc) is 2.87. The molecule has 0 aromatic rings. The van der Waals surface area contributed by atoms with Crippen molar-refractivity contribution in [2.75, 3.05) is 12.3 Å². The van der Waals surface area contributed by atoms with Crippen LogP contribution in [0.2, 0.25) is 0 Å².